The van der Waals surface area contributed by atoms with E-state index in [1.807, 2.05) is 17.9 Å². The Morgan fingerprint density at radius 2 is 1.84 bits per heavy atom. The van der Waals surface area contributed by atoms with Crippen molar-refractivity contribution in [3.8, 4) is 6.01 Å². The normalized spacial score (nSPS) is 22.4. The van der Waals surface area contributed by atoms with E-state index < -0.39 is 22.3 Å². The summed E-state index contributed by atoms with van der Waals surface area (Å²) in [6.07, 6.45) is -0.486. The van der Waals surface area contributed by atoms with Crippen LogP contribution >= 0.6 is 0 Å². The van der Waals surface area contributed by atoms with Crippen molar-refractivity contribution in [3.63, 3.8) is 0 Å². The van der Waals surface area contributed by atoms with Crippen molar-refractivity contribution in [1.82, 2.24) is 24.3 Å². The summed E-state index contributed by atoms with van der Waals surface area (Å²) >= 11 is 0. The van der Waals surface area contributed by atoms with Gasteiger partial charge >= 0.3 is 24.0 Å². The second-order valence-electron chi connectivity index (χ2n) is 9.86. The highest BCUT2D eigenvalue weighted by Crippen LogP contribution is 2.33. The standard InChI is InChI=1S/C24H27F3N6O4/c1-23(16-32-14-20(33(35)36)28-21(32)37-23)15-29-10-12-31(13-11-29)22(34)30-8-6-18(7-9-30)17-2-4-19(5-3-17)24(25,26)27/h2-6,14H,7-13,15-16H2,1H3/t23-/m0/s1. The molecule has 0 spiro atoms. The van der Waals surface area contributed by atoms with Crippen LogP contribution in [0.25, 0.3) is 5.57 Å². The largest absolute Gasteiger partial charge is 0.436 e. The van der Waals surface area contributed by atoms with Crippen molar-refractivity contribution < 1.29 is 27.6 Å². The van der Waals surface area contributed by atoms with E-state index in [4.69, 9.17) is 4.74 Å². The molecule has 1 saturated heterocycles. The lowest BCUT2D eigenvalue weighted by molar-refractivity contribution is -0.389. The molecule has 198 valence electrons. The summed E-state index contributed by atoms with van der Waals surface area (Å²) in [6.45, 7) is 6.42. The number of halogens is 3. The molecule has 37 heavy (non-hydrogen) atoms. The molecular weight excluding hydrogens is 493 g/mol. The van der Waals surface area contributed by atoms with E-state index in [2.05, 4.69) is 9.88 Å². The Hall–Kier alpha value is -3.61. The van der Waals surface area contributed by atoms with Crippen LogP contribution in [0.5, 0.6) is 6.01 Å². The molecule has 0 bridgehead atoms. The molecule has 1 fully saturated rings. The van der Waals surface area contributed by atoms with Gasteiger partial charge in [0.1, 0.15) is 11.8 Å². The first-order valence-corrected chi connectivity index (χ1v) is 12.0. The first-order valence-electron chi connectivity index (χ1n) is 12.0. The van der Waals surface area contributed by atoms with Gasteiger partial charge in [-0.25, -0.2) is 4.79 Å². The molecule has 3 aliphatic heterocycles. The van der Waals surface area contributed by atoms with Gasteiger partial charge in [-0.2, -0.15) is 13.2 Å². The molecule has 1 aromatic carbocycles. The van der Waals surface area contributed by atoms with Gasteiger partial charge in [-0.15, -0.1) is 0 Å². The summed E-state index contributed by atoms with van der Waals surface area (Å²) < 4.78 is 46.0. The zero-order chi connectivity index (χ0) is 26.4. The smallest absolute Gasteiger partial charge is 0.416 e. The topological polar surface area (TPSA) is 97.0 Å². The Morgan fingerprint density at radius 3 is 2.41 bits per heavy atom. The number of carbonyl (C=O) groups excluding carboxylic acids is 1. The molecule has 0 saturated carbocycles. The number of alkyl halides is 3. The van der Waals surface area contributed by atoms with Crippen LogP contribution in [0.1, 0.15) is 24.5 Å². The van der Waals surface area contributed by atoms with E-state index in [1.54, 1.807) is 9.47 Å². The van der Waals surface area contributed by atoms with Crippen molar-refractivity contribution in [2.75, 3.05) is 45.8 Å². The molecule has 3 aliphatic rings. The van der Waals surface area contributed by atoms with Crippen molar-refractivity contribution in [2.24, 2.45) is 0 Å². The Balaban J connectivity index is 1.10. The van der Waals surface area contributed by atoms with E-state index in [1.165, 1.54) is 18.3 Å². The third kappa shape index (κ3) is 5.26. The molecule has 2 aromatic rings. The van der Waals surface area contributed by atoms with Crippen molar-refractivity contribution >= 4 is 17.4 Å². The first-order chi connectivity index (χ1) is 17.5. The van der Waals surface area contributed by atoms with Gasteiger partial charge in [0.2, 0.25) is 0 Å². The fourth-order valence-electron chi connectivity index (χ4n) is 5.11. The zero-order valence-electron chi connectivity index (χ0n) is 20.3. The Kier molecular flexibility index (Phi) is 6.34. The highest BCUT2D eigenvalue weighted by molar-refractivity contribution is 5.77. The van der Waals surface area contributed by atoms with E-state index in [9.17, 15) is 28.1 Å². The number of hydrogen-bond acceptors (Lipinski definition) is 6. The van der Waals surface area contributed by atoms with Crippen LogP contribution in [0.4, 0.5) is 23.8 Å². The minimum atomic E-state index is -4.36. The minimum absolute atomic E-state index is 0.0434. The first kappa shape index (κ1) is 25.1. The van der Waals surface area contributed by atoms with Gasteiger partial charge in [-0.05, 0) is 41.5 Å². The summed E-state index contributed by atoms with van der Waals surface area (Å²) in [6, 6.07) is 5.34. The maximum atomic E-state index is 13.1. The molecular formula is C24H27F3N6O4. The third-order valence-electron chi connectivity index (χ3n) is 7.02. The second-order valence-corrected chi connectivity index (χ2v) is 9.86. The molecule has 0 N–H and O–H groups in total. The Bertz CT molecular complexity index is 1190. The van der Waals surface area contributed by atoms with Gasteiger partial charge in [-0.1, -0.05) is 18.2 Å². The molecule has 0 aliphatic carbocycles. The number of nitro groups is 1. The SMILES string of the molecule is C[C@]1(CN2CCN(C(=O)N3CC=C(c4ccc(C(F)(F)F)cc4)CC3)CC2)Cn2cc([N+](=O)[O-])nc2O1. The van der Waals surface area contributed by atoms with Crippen LogP contribution in [0.3, 0.4) is 0 Å². The second kappa shape index (κ2) is 9.36. The van der Waals surface area contributed by atoms with E-state index in [0.717, 1.165) is 23.3 Å². The minimum Gasteiger partial charge on any atom is -0.436 e. The summed E-state index contributed by atoms with van der Waals surface area (Å²) in [4.78, 5) is 33.1. The van der Waals surface area contributed by atoms with Gasteiger partial charge in [0, 0.05) is 50.8 Å². The van der Waals surface area contributed by atoms with Gasteiger partial charge in [0.25, 0.3) is 0 Å². The lowest BCUT2D eigenvalue weighted by atomic mass is 9.98. The monoisotopic (exact) mass is 520 g/mol. The Morgan fingerprint density at radius 1 is 1.14 bits per heavy atom. The molecule has 10 nitrogen and oxygen atoms in total. The number of ether oxygens (including phenoxy) is 1. The summed E-state index contributed by atoms with van der Waals surface area (Å²) in [5, 5.41) is 10.9. The lowest BCUT2D eigenvalue weighted by Gasteiger charge is -2.40. The molecule has 0 radical (unpaired) electrons. The van der Waals surface area contributed by atoms with Crippen LogP contribution in [0.2, 0.25) is 0 Å². The number of imidazole rings is 1. The number of fused-ring (bicyclic) bond motifs is 1. The van der Waals surface area contributed by atoms with Crippen LogP contribution in [0.15, 0.2) is 36.5 Å². The fourth-order valence-corrected chi connectivity index (χ4v) is 5.11. The third-order valence-corrected chi connectivity index (χ3v) is 7.02. The highest BCUT2D eigenvalue weighted by Gasteiger charge is 2.42. The quantitative estimate of drug-likeness (QED) is 0.452. The van der Waals surface area contributed by atoms with Gasteiger partial charge in [0.15, 0.2) is 0 Å². The van der Waals surface area contributed by atoms with E-state index >= 15 is 0 Å². The fraction of sp³-hybridized carbons (Fsp3) is 0.500. The van der Waals surface area contributed by atoms with Crippen molar-refractivity contribution in [1.29, 1.82) is 0 Å². The number of urea groups is 1. The van der Waals surface area contributed by atoms with Crippen LogP contribution in [0, 0.1) is 10.1 Å². The number of aromatic nitrogens is 2. The van der Waals surface area contributed by atoms with Crippen molar-refractivity contribution in [2.45, 2.75) is 31.7 Å². The van der Waals surface area contributed by atoms with Gasteiger partial charge in [0.05, 0.1) is 12.1 Å². The molecule has 13 heteroatoms. The Labute approximate surface area is 211 Å². The number of amides is 2. The van der Waals surface area contributed by atoms with Crippen LogP contribution < -0.4 is 4.74 Å². The van der Waals surface area contributed by atoms with Crippen molar-refractivity contribution in [3.05, 3.63) is 57.8 Å². The predicted molar refractivity (Wildman–Crippen MR) is 127 cm³/mol. The van der Waals surface area contributed by atoms with Crippen LogP contribution in [-0.4, -0.2) is 86.6 Å². The highest BCUT2D eigenvalue weighted by atomic mass is 19.4. The van der Waals surface area contributed by atoms with E-state index in [-0.39, 0.29) is 17.9 Å². The molecule has 1 aromatic heterocycles. The predicted octanol–water partition coefficient (Wildman–Crippen LogP) is 3.49. The molecule has 1 atom stereocenters. The number of rotatable bonds is 4. The number of carbonyl (C=O) groups is 1. The average Bonchev–Trinajstić information content (AvgIpc) is 3.39. The molecule has 0 unspecified atom stereocenters. The number of piperazine rings is 1. The van der Waals surface area contributed by atoms with Gasteiger partial charge in [-0.3, -0.25) is 9.47 Å². The maximum absolute atomic E-state index is 13.1. The molecule has 2 amide bonds. The number of nitrogens with zero attached hydrogens (tertiary/aromatic N) is 6. The summed E-state index contributed by atoms with van der Waals surface area (Å²) in [5.41, 5.74) is 0.452. The van der Waals surface area contributed by atoms with E-state index in [0.29, 0.717) is 58.8 Å². The lowest BCUT2D eigenvalue weighted by Crippen LogP contribution is -2.56. The maximum Gasteiger partial charge on any atom is 0.416 e. The van der Waals surface area contributed by atoms with Crippen LogP contribution in [-0.2, 0) is 12.7 Å². The molecule has 5 rings (SSSR count). The van der Waals surface area contributed by atoms with Gasteiger partial charge < -0.3 is 24.7 Å². The summed E-state index contributed by atoms with van der Waals surface area (Å²) in [5.74, 6) is -0.233. The summed E-state index contributed by atoms with van der Waals surface area (Å²) in [7, 11) is 0. The molecule has 4 heterocycles. The number of benzene rings is 1. The number of hydrogen-bond donors (Lipinski definition) is 0. The average molecular weight is 521 g/mol. The zero-order valence-corrected chi connectivity index (χ0v) is 20.3.